The Balaban J connectivity index is 1.73. The van der Waals surface area contributed by atoms with E-state index < -0.39 is 0 Å². The molecule has 0 aliphatic carbocycles. The number of nitrogen functional groups attached to an aromatic ring is 1. The van der Waals surface area contributed by atoms with Gasteiger partial charge in [0.2, 0.25) is 0 Å². The van der Waals surface area contributed by atoms with Crippen molar-refractivity contribution in [2.24, 2.45) is 0 Å². The maximum atomic E-state index is 6.11. The van der Waals surface area contributed by atoms with Crippen molar-refractivity contribution in [2.75, 3.05) is 5.73 Å². The van der Waals surface area contributed by atoms with Crippen LogP contribution in [0.4, 0.5) is 5.82 Å². The Morgan fingerprint density at radius 2 is 1.95 bits per heavy atom. The van der Waals surface area contributed by atoms with E-state index in [0.29, 0.717) is 17.9 Å². The lowest BCUT2D eigenvalue weighted by molar-refractivity contribution is 0.575. The molecule has 2 aromatic rings. The average Bonchev–Trinajstić information content (AvgIpc) is 2.87. The number of hydrogen-bond donors (Lipinski definition) is 2. The van der Waals surface area contributed by atoms with Crippen LogP contribution in [0.1, 0.15) is 30.4 Å². The summed E-state index contributed by atoms with van der Waals surface area (Å²) < 4.78 is 0. The molecule has 4 rings (SSSR count). The van der Waals surface area contributed by atoms with E-state index in [0.717, 1.165) is 17.5 Å². The van der Waals surface area contributed by atoms with E-state index in [1.807, 2.05) is 6.20 Å². The number of nitrogens with two attached hydrogens (primary N) is 1. The van der Waals surface area contributed by atoms with Gasteiger partial charge in [0.1, 0.15) is 5.82 Å². The molecule has 1 aromatic heterocycles. The molecule has 3 N–H and O–H groups in total. The number of anilines is 1. The Labute approximate surface area is 131 Å². The van der Waals surface area contributed by atoms with Gasteiger partial charge in [-0.1, -0.05) is 35.9 Å². The van der Waals surface area contributed by atoms with E-state index in [1.54, 1.807) is 0 Å². The van der Waals surface area contributed by atoms with Gasteiger partial charge in [-0.15, -0.1) is 0 Å². The van der Waals surface area contributed by atoms with Crippen LogP contribution in [0.5, 0.6) is 0 Å². The molecule has 0 radical (unpaired) electrons. The molecule has 2 aliphatic rings. The Hall–Kier alpha value is -2.13. The van der Waals surface area contributed by atoms with Crippen LogP contribution in [0.2, 0.25) is 0 Å². The number of nitrogens with zero attached hydrogens (tertiary/aromatic N) is 1. The van der Waals surface area contributed by atoms with Crippen LogP contribution < -0.4 is 11.1 Å². The average molecular weight is 291 g/mol. The van der Waals surface area contributed by atoms with Gasteiger partial charge in [-0.3, -0.25) is 0 Å². The van der Waals surface area contributed by atoms with E-state index in [-0.39, 0.29) is 0 Å². The van der Waals surface area contributed by atoms with E-state index in [2.05, 4.69) is 53.6 Å². The quantitative estimate of drug-likeness (QED) is 0.889. The van der Waals surface area contributed by atoms with Gasteiger partial charge >= 0.3 is 0 Å². The zero-order valence-corrected chi connectivity index (χ0v) is 12.8. The van der Waals surface area contributed by atoms with Crippen molar-refractivity contribution >= 4 is 11.4 Å². The van der Waals surface area contributed by atoms with Crippen molar-refractivity contribution in [1.82, 2.24) is 10.3 Å². The molecule has 1 saturated heterocycles. The third-order valence-electron chi connectivity index (χ3n) is 4.80. The summed E-state index contributed by atoms with van der Waals surface area (Å²) in [5.74, 6) is 0.602. The smallest absolute Gasteiger partial charge is 0.131 e. The zero-order valence-electron chi connectivity index (χ0n) is 12.8. The second-order valence-electron chi connectivity index (χ2n) is 6.47. The summed E-state index contributed by atoms with van der Waals surface area (Å²) in [5.41, 5.74) is 12.2. The molecule has 3 heterocycles. The fourth-order valence-corrected chi connectivity index (χ4v) is 3.55. The molecule has 2 bridgehead atoms. The molecule has 2 aliphatic heterocycles. The van der Waals surface area contributed by atoms with Gasteiger partial charge in [0, 0.05) is 23.8 Å². The van der Waals surface area contributed by atoms with Crippen LogP contribution in [0, 0.1) is 6.92 Å². The Morgan fingerprint density at radius 1 is 1.14 bits per heavy atom. The normalized spacial score (nSPS) is 23.4. The topological polar surface area (TPSA) is 50.9 Å². The van der Waals surface area contributed by atoms with E-state index >= 15 is 0 Å². The minimum Gasteiger partial charge on any atom is -0.383 e. The van der Waals surface area contributed by atoms with Gasteiger partial charge in [0.05, 0.1) is 0 Å². The first kappa shape index (κ1) is 13.5. The second-order valence-corrected chi connectivity index (χ2v) is 6.47. The molecule has 0 spiro atoms. The predicted octanol–water partition coefficient (Wildman–Crippen LogP) is 3.55. The van der Waals surface area contributed by atoms with Gasteiger partial charge in [-0.05, 0) is 49.0 Å². The minimum atomic E-state index is 0.536. The Bertz CT molecular complexity index is 731. The van der Waals surface area contributed by atoms with Gasteiger partial charge in [-0.2, -0.15) is 0 Å². The van der Waals surface area contributed by atoms with Crippen LogP contribution in [-0.2, 0) is 0 Å². The van der Waals surface area contributed by atoms with Crippen LogP contribution in [-0.4, -0.2) is 17.1 Å². The molecule has 22 heavy (non-hydrogen) atoms. The lowest BCUT2D eigenvalue weighted by Crippen LogP contribution is -2.31. The van der Waals surface area contributed by atoms with Gasteiger partial charge in [-0.25, -0.2) is 4.98 Å². The highest BCUT2D eigenvalue weighted by molar-refractivity contribution is 5.79. The third kappa shape index (κ3) is 2.42. The SMILES string of the molecule is Cc1ccc(-c2cc(C3=CC4CCC(C3)N4)cnc2N)cc1. The van der Waals surface area contributed by atoms with Gasteiger partial charge in [0.15, 0.2) is 0 Å². The highest BCUT2D eigenvalue weighted by Crippen LogP contribution is 2.34. The predicted molar refractivity (Wildman–Crippen MR) is 91.4 cm³/mol. The lowest BCUT2D eigenvalue weighted by atomic mass is 9.95. The van der Waals surface area contributed by atoms with Crippen molar-refractivity contribution < 1.29 is 0 Å². The van der Waals surface area contributed by atoms with Crippen LogP contribution in [0.3, 0.4) is 0 Å². The molecule has 2 unspecified atom stereocenters. The van der Waals surface area contributed by atoms with Crippen molar-refractivity contribution in [3.63, 3.8) is 0 Å². The molecular weight excluding hydrogens is 270 g/mol. The molecule has 0 saturated carbocycles. The first-order valence-corrected chi connectivity index (χ1v) is 7.99. The van der Waals surface area contributed by atoms with Crippen molar-refractivity contribution in [1.29, 1.82) is 0 Å². The summed E-state index contributed by atoms with van der Waals surface area (Å²) in [5, 5.41) is 3.63. The highest BCUT2D eigenvalue weighted by Gasteiger charge is 2.28. The third-order valence-corrected chi connectivity index (χ3v) is 4.80. The summed E-state index contributed by atoms with van der Waals surface area (Å²) in [7, 11) is 0. The van der Waals surface area contributed by atoms with Crippen molar-refractivity contribution in [2.45, 2.75) is 38.3 Å². The molecule has 3 heteroatoms. The summed E-state index contributed by atoms with van der Waals surface area (Å²) in [4.78, 5) is 4.44. The maximum Gasteiger partial charge on any atom is 0.131 e. The van der Waals surface area contributed by atoms with Crippen LogP contribution in [0.25, 0.3) is 16.7 Å². The largest absolute Gasteiger partial charge is 0.383 e. The molecule has 3 nitrogen and oxygen atoms in total. The highest BCUT2D eigenvalue weighted by atomic mass is 15.0. The van der Waals surface area contributed by atoms with Crippen LogP contribution in [0.15, 0.2) is 42.6 Å². The number of benzene rings is 1. The summed E-state index contributed by atoms with van der Waals surface area (Å²) in [6.07, 6.45) is 7.91. The first-order valence-electron chi connectivity index (χ1n) is 7.99. The number of nitrogens with one attached hydrogen (secondary N) is 1. The summed E-state index contributed by atoms with van der Waals surface area (Å²) in [6, 6.07) is 11.8. The monoisotopic (exact) mass is 291 g/mol. The molecule has 1 fully saturated rings. The second kappa shape index (κ2) is 5.25. The summed E-state index contributed by atoms with van der Waals surface area (Å²) >= 11 is 0. The fraction of sp³-hybridized carbons (Fsp3) is 0.316. The molecule has 112 valence electrons. The van der Waals surface area contributed by atoms with E-state index in [4.69, 9.17) is 5.73 Å². The first-order chi connectivity index (χ1) is 10.7. The minimum absolute atomic E-state index is 0.536. The molecular formula is C19H21N3. The summed E-state index contributed by atoms with van der Waals surface area (Å²) in [6.45, 7) is 2.09. The molecule has 2 atom stereocenters. The number of hydrogen-bond acceptors (Lipinski definition) is 3. The van der Waals surface area contributed by atoms with Gasteiger partial charge in [0.25, 0.3) is 0 Å². The van der Waals surface area contributed by atoms with Gasteiger partial charge < -0.3 is 11.1 Å². The Kier molecular flexibility index (Phi) is 3.23. The number of aromatic nitrogens is 1. The molecule has 1 aromatic carbocycles. The zero-order chi connectivity index (χ0) is 15.1. The number of rotatable bonds is 2. The van der Waals surface area contributed by atoms with Crippen LogP contribution >= 0.6 is 0 Å². The van der Waals surface area contributed by atoms with Crippen molar-refractivity contribution in [3.8, 4) is 11.1 Å². The Morgan fingerprint density at radius 3 is 2.73 bits per heavy atom. The van der Waals surface area contributed by atoms with Crippen molar-refractivity contribution in [3.05, 3.63) is 53.7 Å². The molecule has 0 amide bonds. The maximum absolute atomic E-state index is 6.11. The van der Waals surface area contributed by atoms with E-state index in [1.165, 1.54) is 29.5 Å². The standard InChI is InChI=1S/C19H21N3/c1-12-2-4-13(5-3-12)18-10-15(11-21-19(18)20)14-8-16-6-7-17(9-14)22-16/h2-5,8,10-11,16-17,22H,6-7,9H2,1H3,(H2,20,21). The fourth-order valence-electron chi connectivity index (χ4n) is 3.55. The van der Waals surface area contributed by atoms with E-state index in [9.17, 15) is 0 Å². The number of fused-ring (bicyclic) bond motifs is 2. The number of pyridine rings is 1. The lowest BCUT2D eigenvalue weighted by Gasteiger charge is -2.22. The number of aryl methyl sites for hydroxylation is 1.